The van der Waals surface area contributed by atoms with E-state index >= 15 is 0 Å². The van der Waals surface area contributed by atoms with Crippen LogP contribution in [0, 0.1) is 5.92 Å². The van der Waals surface area contributed by atoms with Gasteiger partial charge in [-0.25, -0.2) is 0 Å². The number of hydrogen-bond donors (Lipinski definition) is 1. The average Bonchev–Trinajstić information content (AvgIpc) is 2.78. The fourth-order valence-electron chi connectivity index (χ4n) is 1.87. The molecule has 0 amide bonds. The van der Waals surface area contributed by atoms with Gasteiger partial charge in [-0.1, -0.05) is 38.1 Å². The Hall–Kier alpha value is -1.97. The highest BCUT2D eigenvalue weighted by atomic mass is 16.5. The number of rotatable bonds is 5. The fraction of sp³-hybridized carbons (Fsp3) is 0.400. The van der Waals surface area contributed by atoms with Gasteiger partial charge >= 0.3 is 0 Å². The molecule has 2 aromatic rings. The number of nitrogens with zero attached hydrogens (tertiary/aromatic N) is 1. The zero-order valence-electron chi connectivity index (χ0n) is 11.6. The van der Waals surface area contributed by atoms with Crippen LogP contribution < -0.4 is 10.5 Å². The first-order chi connectivity index (χ1) is 9.11. The number of nitrogen functional groups attached to an aromatic ring is 1. The Morgan fingerprint density at radius 1 is 1.26 bits per heavy atom. The monoisotopic (exact) mass is 260 g/mol. The molecule has 4 nitrogen and oxygen atoms in total. The average molecular weight is 260 g/mol. The SMILES string of the molecule is CCc1noc(N)c1-c1ccc(OCC(C)C)cc1. The second kappa shape index (κ2) is 5.78. The molecule has 0 aliphatic rings. The van der Waals surface area contributed by atoms with Crippen LogP contribution >= 0.6 is 0 Å². The Labute approximate surface area is 113 Å². The molecular formula is C15H20N2O2. The Kier molecular flexibility index (Phi) is 4.10. The molecule has 0 spiro atoms. The molecule has 19 heavy (non-hydrogen) atoms. The molecule has 0 bridgehead atoms. The van der Waals surface area contributed by atoms with E-state index in [1.807, 2.05) is 31.2 Å². The third-order valence-electron chi connectivity index (χ3n) is 2.85. The van der Waals surface area contributed by atoms with Crippen LogP contribution in [0.1, 0.15) is 26.5 Å². The highest BCUT2D eigenvalue weighted by molar-refractivity contribution is 5.75. The minimum atomic E-state index is 0.368. The highest BCUT2D eigenvalue weighted by Gasteiger charge is 2.14. The predicted molar refractivity (Wildman–Crippen MR) is 76.1 cm³/mol. The summed E-state index contributed by atoms with van der Waals surface area (Å²) in [7, 11) is 0. The molecule has 1 aromatic heterocycles. The van der Waals surface area contributed by atoms with Gasteiger partial charge in [-0.15, -0.1) is 0 Å². The van der Waals surface area contributed by atoms with Crippen LogP contribution in [0.25, 0.3) is 11.1 Å². The van der Waals surface area contributed by atoms with Gasteiger partial charge in [0.15, 0.2) is 0 Å². The Morgan fingerprint density at radius 2 is 1.95 bits per heavy atom. The third-order valence-corrected chi connectivity index (χ3v) is 2.85. The van der Waals surface area contributed by atoms with Crippen molar-refractivity contribution in [3.8, 4) is 16.9 Å². The lowest BCUT2D eigenvalue weighted by atomic mass is 10.0. The summed E-state index contributed by atoms with van der Waals surface area (Å²) in [6.07, 6.45) is 0.793. The number of anilines is 1. The van der Waals surface area contributed by atoms with Gasteiger partial charge in [-0.05, 0) is 30.0 Å². The number of aromatic nitrogens is 1. The van der Waals surface area contributed by atoms with Gasteiger partial charge in [-0.2, -0.15) is 0 Å². The number of nitrogens with two attached hydrogens (primary N) is 1. The Balaban J connectivity index is 2.20. The maximum absolute atomic E-state index is 5.83. The number of ether oxygens (including phenoxy) is 1. The largest absolute Gasteiger partial charge is 0.493 e. The normalized spacial score (nSPS) is 10.9. The van der Waals surface area contributed by atoms with E-state index in [9.17, 15) is 0 Å². The Morgan fingerprint density at radius 3 is 2.53 bits per heavy atom. The molecule has 2 rings (SSSR count). The standard InChI is InChI=1S/C15H20N2O2/c1-4-13-14(15(16)19-17-13)11-5-7-12(8-6-11)18-9-10(2)3/h5-8,10H,4,9,16H2,1-3H3. The second-order valence-corrected chi connectivity index (χ2v) is 4.95. The molecule has 102 valence electrons. The minimum absolute atomic E-state index is 0.368. The fourth-order valence-corrected chi connectivity index (χ4v) is 1.87. The van der Waals surface area contributed by atoms with Crippen molar-refractivity contribution in [2.75, 3.05) is 12.3 Å². The van der Waals surface area contributed by atoms with Gasteiger partial charge in [0, 0.05) is 0 Å². The topological polar surface area (TPSA) is 61.3 Å². The van der Waals surface area contributed by atoms with Crippen molar-refractivity contribution in [3.05, 3.63) is 30.0 Å². The second-order valence-electron chi connectivity index (χ2n) is 4.95. The molecular weight excluding hydrogens is 240 g/mol. The highest BCUT2D eigenvalue weighted by Crippen LogP contribution is 2.31. The van der Waals surface area contributed by atoms with Crippen LogP contribution in [-0.4, -0.2) is 11.8 Å². The van der Waals surface area contributed by atoms with Gasteiger partial charge in [0.25, 0.3) is 0 Å². The van der Waals surface area contributed by atoms with E-state index in [0.29, 0.717) is 11.8 Å². The van der Waals surface area contributed by atoms with E-state index < -0.39 is 0 Å². The van der Waals surface area contributed by atoms with Gasteiger partial charge < -0.3 is 15.0 Å². The molecule has 0 saturated carbocycles. The van der Waals surface area contributed by atoms with Gasteiger partial charge in [0.05, 0.1) is 17.9 Å². The molecule has 0 radical (unpaired) electrons. The van der Waals surface area contributed by atoms with Crippen molar-refractivity contribution in [1.82, 2.24) is 5.16 Å². The van der Waals surface area contributed by atoms with Crippen LogP contribution in [0.4, 0.5) is 5.88 Å². The zero-order valence-corrected chi connectivity index (χ0v) is 11.6. The van der Waals surface area contributed by atoms with Crippen LogP contribution in [0.15, 0.2) is 28.8 Å². The molecule has 0 aliphatic heterocycles. The van der Waals surface area contributed by atoms with E-state index in [1.165, 1.54) is 0 Å². The van der Waals surface area contributed by atoms with E-state index in [4.69, 9.17) is 15.0 Å². The van der Waals surface area contributed by atoms with E-state index in [0.717, 1.165) is 35.6 Å². The van der Waals surface area contributed by atoms with Crippen molar-refractivity contribution in [2.24, 2.45) is 5.92 Å². The molecule has 0 fully saturated rings. The summed E-state index contributed by atoms with van der Waals surface area (Å²) in [6, 6.07) is 7.86. The maximum Gasteiger partial charge on any atom is 0.230 e. The number of aryl methyl sites for hydroxylation is 1. The van der Waals surface area contributed by atoms with Gasteiger partial charge in [0.2, 0.25) is 5.88 Å². The lowest BCUT2D eigenvalue weighted by Gasteiger charge is -2.09. The van der Waals surface area contributed by atoms with Crippen molar-refractivity contribution in [2.45, 2.75) is 27.2 Å². The number of benzene rings is 1. The van der Waals surface area contributed by atoms with Crippen LogP contribution in [-0.2, 0) is 6.42 Å². The third kappa shape index (κ3) is 3.08. The molecule has 0 atom stereocenters. The summed E-state index contributed by atoms with van der Waals surface area (Å²) in [4.78, 5) is 0. The first-order valence-corrected chi connectivity index (χ1v) is 6.59. The molecule has 4 heteroatoms. The Bertz CT molecular complexity index is 530. The van der Waals surface area contributed by atoms with Crippen molar-refractivity contribution >= 4 is 5.88 Å². The van der Waals surface area contributed by atoms with Crippen molar-refractivity contribution in [1.29, 1.82) is 0 Å². The summed E-state index contributed by atoms with van der Waals surface area (Å²) in [6.45, 7) is 7.00. The first kappa shape index (κ1) is 13.5. The molecule has 0 saturated heterocycles. The van der Waals surface area contributed by atoms with E-state index in [2.05, 4.69) is 19.0 Å². The van der Waals surface area contributed by atoms with Crippen molar-refractivity contribution < 1.29 is 9.26 Å². The summed E-state index contributed by atoms with van der Waals surface area (Å²) in [5, 5.41) is 3.96. The van der Waals surface area contributed by atoms with Gasteiger partial charge in [0.1, 0.15) is 5.75 Å². The molecule has 1 aromatic carbocycles. The molecule has 0 unspecified atom stereocenters. The maximum atomic E-state index is 5.83. The minimum Gasteiger partial charge on any atom is -0.493 e. The van der Waals surface area contributed by atoms with Gasteiger partial charge in [-0.3, -0.25) is 0 Å². The number of hydrogen-bond acceptors (Lipinski definition) is 4. The summed E-state index contributed by atoms with van der Waals surface area (Å²) in [5.41, 5.74) is 8.60. The smallest absolute Gasteiger partial charge is 0.230 e. The summed E-state index contributed by atoms with van der Waals surface area (Å²) in [5.74, 6) is 1.75. The quantitative estimate of drug-likeness (QED) is 0.893. The zero-order chi connectivity index (χ0) is 13.8. The summed E-state index contributed by atoms with van der Waals surface area (Å²) >= 11 is 0. The first-order valence-electron chi connectivity index (χ1n) is 6.59. The van der Waals surface area contributed by atoms with Crippen LogP contribution in [0.5, 0.6) is 5.75 Å². The van der Waals surface area contributed by atoms with E-state index in [-0.39, 0.29) is 0 Å². The predicted octanol–water partition coefficient (Wildman–Crippen LogP) is 3.52. The van der Waals surface area contributed by atoms with Crippen LogP contribution in [0.2, 0.25) is 0 Å². The van der Waals surface area contributed by atoms with Crippen molar-refractivity contribution in [3.63, 3.8) is 0 Å². The molecule has 1 heterocycles. The lowest BCUT2D eigenvalue weighted by molar-refractivity contribution is 0.271. The molecule has 0 aliphatic carbocycles. The summed E-state index contributed by atoms with van der Waals surface area (Å²) < 4.78 is 10.7. The van der Waals surface area contributed by atoms with Crippen LogP contribution in [0.3, 0.4) is 0 Å². The van der Waals surface area contributed by atoms with E-state index in [1.54, 1.807) is 0 Å². The lowest BCUT2D eigenvalue weighted by Crippen LogP contribution is -2.04. The molecule has 2 N–H and O–H groups in total.